The van der Waals surface area contributed by atoms with Crippen LogP contribution in [0.25, 0.3) is 0 Å². The molecule has 1 aliphatic rings. The quantitative estimate of drug-likeness (QED) is 0.669. The summed E-state index contributed by atoms with van der Waals surface area (Å²) in [6.45, 7) is 5.69. The maximum atomic E-state index is 13.0. The van der Waals surface area contributed by atoms with Crippen molar-refractivity contribution in [1.29, 1.82) is 0 Å². The van der Waals surface area contributed by atoms with Gasteiger partial charge in [0.1, 0.15) is 22.4 Å². The smallest absolute Gasteiger partial charge is 0.351 e. The van der Waals surface area contributed by atoms with Crippen LogP contribution in [0.5, 0.6) is 0 Å². The molecule has 32 heavy (non-hydrogen) atoms. The molecule has 1 saturated carbocycles. The third-order valence-corrected chi connectivity index (χ3v) is 6.09. The van der Waals surface area contributed by atoms with Gasteiger partial charge in [-0.05, 0) is 43.9 Å². The Morgan fingerprint density at radius 3 is 2.34 bits per heavy atom. The molecule has 2 atom stereocenters. The average Bonchev–Trinajstić information content (AvgIpc) is 3.11. The fourth-order valence-electron chi connectivity index (χ4n) is 4.42. The van der Waals surface area contributed by atoms with Crippen LogP contribution in [-0.2, 0) is 22.8 Å². The highest BCUT2D eigenvalue weighted by molar-refractivity contribution is 6.34. The number of halogens is 4. The Bertz CT molecular complexity index is 1080. The topological polar surface area (TPSA) is 81.1 Å². The molecule has 172 valence electrons. The van der Waals surface area contributed by atoms with E-state index in [0.717, 1.165) is 26.9 Å². The molecule has 10 heteroatoms. The van der Waals surface area contributed by atoms with Crippen LogP contribution in [-0.4, -0.2) is 33.8 Å². The number of hydrogen-bond acceptors (Lipinski definition) is 4. The van der Waals surface area contributed by atoms with E-state index in [0.29, 0.717) is 0 Å². The summed E-state index contributed by atoms with van der Waals surface area (Å²) in [5.41, 5.74) is 1.79. The summed E-state index contributed by atoms with van der Waals surface area (Å²) in [4.78, 5) is 38.0. The van der Waals surface area contributed by atoms with E-state index < -0.39 is 40.3 Å². The van der Waals surface area contributed by atoms with Crippen molar-refractivity contribution in [3.8, 4) is 0 Å². The Kier molecular flexibility index (Phi) is 6.51. The Balaban J connectivity index is 1.68. The summed E-state index contributed by atoms with van der Waals surface area (Å²) >= 11 is 5.72. The zero-order chi connectivity index (χ0) is 24.0. The highest BCUT2D eigenvalue weighted by atomic mass is 35.5. The van der Waals surface area contributed by atoms with Crippen molar-refractivity contribution in [3.63, 3.8) is 0 Å². The summed E-state index contributed by atoms with van der Waals surface area (Å²) < 4.78 is 39.6. The van der Waals surface area contributed by atoms with Crippen LogP contribution in [0.15, 0.2) is 12.1 Å². The molecule has 1 aromatic heterocycles. The molecular weight excluding hydrogens is 447 g/mol. The fourth-order valence-corrected chi connectivity index (χ4v) is 4.77. The molecule has 0 spiro atoms. The second-order valence-electron chi connectivity index (χ2n) is 8.19. The van der Waals surface area contributed by atoms with E-state index >= 15 is 0 Å². The largest absolute Gasteiger partial charge is 0.436 e. The van der Waals surface area contributed by atoms with Crippen LogP contribution < -0.4 is 5.32 Å². The monoisotopic (exact) mass is 469 g/mol. The number of aryl methyl sites for hydroxylation is 4. The molecule has 1 N–H and O–H groups in total. The normalized spacial score (nSPS) is 19.0. The van der Waals surface area contributed by atoms with Gasteiger partial charge in [-0.3, -0.25) is 19.1 Å². The number of rotatable bonds is 5. The van der Waals surface area contributed by atoms with Crippen LogP contribution in [0, 0.1) is 26.7 Å². The number of alkyl halides is 3. The third-order valence-electron chi connectivity index (χ3n) is 5.73. The van der Waals surface area contributed by atoms with Crippen LogP contribution in [0.1, 0.15) is 57.2 Å². The molecular formula is C22H23ClF3N3O3. The molecule has 0 saturated heterocycles. The Hall–Kier alpha value is -2.68. The standard InChI is InChI=1S/C22H23ClF3N3O3/c1-10-7-11(2)15(12(3)8-10)16-14(30)9-13(19(16)31)5-6-27-21(32)18-17(23)20(22(24,25)26)28-29(18)4/h7-8,13,16H,5-6,9H2,1-4H3,(H,27,32). The van der Waals surface area contributed by atoms with Crippen molar-refractivity contribution in [2.45, 2.75) is 45.7 Å². The predicted molar refractivity (Wildman–Crippen MR) is 112 cm³/mol. The van der Waals surface area contributed by atoms with E-state index in [2.05, 4.69) is 10.4 Å². The molecule has 1 fully saturated rings. The number of carbonyl (C=O) groups excluding carboxylic acids is 3. The first-order valence-electron chi connectivity index (χ1n) is 10.0. The summed E-state index contributed by atoms with van der Waals surface area (Å²) in [6.07, 6.45) is -4.53. The zero-order valence-corrected chi connectivity index (χ0v) is 18.8. The number of nitrogens with zero attached hydrogens (tertiary/aromatic N) is 2. The molecule has 1 heterocycles. The first-order chi connectivity index (χ1) is 14.8. The number of nitrogens with one attached hydrogen (secondary N) is 1. The molecule has 6 nitrogen and oxygen atoms in total. The van der Waals surface area contributed by atoms with Crippen LogP contribution in [0.4, 0.5) is 13.2 Å². The molecule has 2 aromatic rings. The van der Waals surface area contributed by atoms with Gasteiger partial charge in [0, 0.05) is 25.9 Å². The number of aromatic nitrogens is 2. The van der Waals surface area contributed by atoms with Gasteiger partial charge in [0.05, 0.1) is 0 Å². The lowest BCUT2D eigenvalue weighted by Gasteiger charge is -2.16. The number of benzene rings is 1. The van der Waals surface area contributed by atoms with E-state index in [1.165, 1.54) is 7.05 Å². The van der Waals surface area contributed by atoms with Crippen molar-refractivity contribution in [2.75, 3.05) is 6.54 Å². The molecule has 3 rings (SSSR count). The maximum Gasteiger partial charge on any atom is 0.436 e. The van der Waals surface area contributed by atoms with Gasteiger partial charge in [0.15, 0.2) is 11.5 Å². The minimum atomic E-state index is -4.79. The lowest BCUT2D eigenvalue weighted by Crippen LogP contribution is -2.29. The number of ketones is 2. The van der Waals surface area contributed by atoms with E-state index in [1.807, 2.05) is 32.9 Å². The van der Waals surface area contributed by atoms with Crippen molar-refractivity contribution < 1.29 is 27.6 Å². The van der Waals surface area contributed by atoms with Crippen molar-refractivity contribution in [2.24, 2.45) is 13.0 Å². The average molecular weight is 470 g/mol. The minimum absolute atomic E-state index is 0.00393. The van der Waals surface area contributed by atoms with Gasteiger partial charge in [0.2, 0.25) is 0 Å². The summed E-state index contributed by atoms with van der Waals surface area (Å²) in [5, 5.41) is 4.97. The fraction of sp³-hybridized carbons (Fsp3) is 0.455. The lowest BCUT2D eigenvalue weighted by molar-refractivity contribution is -0.141. The number of carbonyl (C=O) groups is 3. The van der Waals surface area contributed by atoms with Gasteiger partial charge in [-0.15, -0.1) is 0 Å². The summed E-state index contributed by atoms with van der Waals surface area (Å²) in [7, 11) is 1.19. The van der Waals surface area contributed by atoms with Crippen molar-refractivity contribution >= 4 is 29.1 Å². The van der Waals surface area contributed by atoms with Gasteiger partial charge in [-0.1, -0.05) is 29.3 Å². The zero-order valence-electron chi connectivity index (χ0n) is 18.1. The molecule has 1 aliphatic carbocycles. The van der Waals surface area contributed by atoms with Gasteiger partial charge >= 0.3 is 6.18 Å². The highest BCUT2D eigenvalue weighted by Gasteiger charge is 2.43. The van der Waals surface area contributed by atoms with Gasteiger partial charge in [-0.25, -0.2) is 0 Å². The van der Waals surface area contributed by atoms with Gasteiger partial charge in [0.25, 0.3) is 5.91 Å². The number of hydrogen-bond donors (Lipinski definition) is 1. The first kappa shape index (κ1) is 24.0. The van der Waals surface area contributed by atoms with Crippen molar-refractivity contribution in [1.82, 2.24) is 15.1 Å². The molecule has 1 amide bonds. The van der Waals surface area contributed by atoms with E-state index in [1.54, 1.807) is 0 Å². The first-order valence-corrected chi connectivity index (χ1v) is 10.4. The summed E-state index contributed by atoms with van der Waals surface area (Å²) in [5.74, 6) is -2.58. The van der Waals surface area contributed by atoms with E-state index in [-0.39, 0.29) is 31.0 Å². The van der Waals surface area contributed by atoms with Gasteiger partial charge < -0.3 is 5.32 Å². The van der Waals surface area contributed by atoms with Crippen LogP contribution >= 0.6 is 11.6 Å². The lowest BCUT2D eigenvalue weighted by atomic mass is 9.86. The van der Waals surface area contributed by atoms with Crippen LogP contribution in [0.3, 0.4) is 0 Å². The van der Waals surface area contributed by atoms with Crippen LogP contribution in [0.2, 0.25) is 5.02 Å². The SMILES string of the molecule is Cc1cc(C)c(C2C(=O)CC(CCNC(=O)c3c(Cl)c(C(F)(F)F)nn3C)C2=O)c(C)c1. The summed E-state index contributed by atoms with van der Waals surface area (Å²) in [6, 6.07) is 3.87. The molecule has 0 radical (unpaired) electrons. The Labute approximate surface area is 188 Å². The third kappa shape index (κ3) is 4.44. The van der Waals surface area contributed by atoms with E-state index in [9.17, 15) is 27.6 Å². The minimum Gasteiger partial charge on any atom is -0.351 e. The van der Waals surface area contributed by atoms with E-state index in [4.69, 9.17) is 11.6 Å². The van der Waals surface area contributed by atoms with Crippen molar-refractivity contribution in [3.05, 3.63) is 50.8 Å². The second-order valence-corrected chi connectivity index (χ2v) is 8.57. The molecule has 0 bridgehead atoms. The number of amides is 1. The maximum absolute atomic E-state index is 13.0. The Morgan fingerprint density at radius 2 is 1.81 bits per heavy atom. The molecule has 0 aliphatic heterocycles. The molecule has 1 aromatic carbocycles. The molecule has 2 unspecified atom stereocenters. The van der Waals surface area contributed by atoms with Gasteiger partial charge in [-0.2, -0.15) is 18.3 Å². The predicted octanol–water partition coefficient (Wildman–Crippen LogP) is 4.08. The number of Topliss-reactive ketones (excluding diaryl/α,β-unsaturated/α-hetero) is 2. The highest BCUT2D eigenvalue weighted by Crippen LogP contribution is 2.38. The Morgan fingerprint density at radius 1 is 1.22 bits per heavy atom. The second kappa shape index (κ2) is 8.69.